The van der Waals surface area contributed by atoms with Crippen molar-refractivity contribution in [3.63, 3.8) is 0 Å². The van der Waals surface area contributed by atoms with E-state index in [2.05, 4.69) is 5.16 Å². The molecule has 2 N–H and O–H groups in total. The van der Waals surface area contributed by atoms with Gasteiger partial charge in [0, 0.05) is 21.2 Å². The Morgan fingerprint density at radius 1 is 1.00 bits per heavy atom. The minimum absolute atomic E-state index is 0.173. The molecule has 0 atom stereocenters. The van der Waals surface area contributed by atoms with Crippen LogP contribution in [-0.4, -0.2) is 5.84 Å². The van der Waals surface area contributed by atoms with Gasteiger partial charge in [-0.2, -0.15) is 0 Å². The maximum atomic E-state index is 6.02. The van der Waals surface area contributed by atoms with Crippen molar-refractivity contribution in [2.45, 2.75) is 6.61 Å². The van der Waals surface area contributed by atoms with Crippen molar-refractivity contribution in [1.29, 1.82) is 0 Å². The summed E-state index contributed by atoms with van der Waals surface area (Å²) in [5, 5.41) is 4.93. The number of amidine groups is 1. The maximum Gasteiger partial charge on any atom is 0.170 e. The van der Waals surface area contributed by atoms with Gasteiger partial charge in [-0.3, -0.25) is 0 Å². The molecule has 0 aliphatic rings. The van der Waals surface area contributed by atoms with Gasteiger partial charge < -0.3 is 10.6 Å². The first kappa shape index (κ1) is 13.7. The highest BCUT2D eigenvalue weighted by Crippen LogP contribution is 2.24. The van der Waals surface area contributed by atoms with Crippen molar-refractivity contribution in [1.82, 2.24) is 0 Å². The van der Waals surface area contributed by atoms with Crippen molar-refractivity contribution in [3.8, 4) is 0 Å². The van der Waals surface area contributed by atoms with E-state index in [-0.39, 0.29) is 6.61 Å². The third kappa shape index (κ3) is 3.63. The zero-order valence-corrected chi connectivity index (χ0v) is 11.5. The van der Waals surface area contributed by atoms with Gasteiger partial charge in [0.25, 0.3) is 0 Å². The minimum atomic E-state index is 0.173. The van der Waals surface area contributed by atoms with Crippen LogP contribution in [0.5, 0.6) is 0 Å². The van der Waals surface area contributed by atoms with Crippen molar-refractivity contribution in [2.75, 3.05) is 0 Å². The van der Waals surface area contributed by atoms with Crippen LogP contribution in [0.15, 0.2) is 53.7 Å². The number of hydrogen-bond donors (Lipinski definition) is 1. The number of hydrogen-bond acceptors (Lipinski definition) is 2. The summed E-state index contributed by atoms with van der Waals surface area (Å²) in [6.45, 7) is 0.173. The molecule has 0 fully saturated rings. The lowest BCUT2D eigenvalue weighted by molar-refractivity contribution is 0.130. The van der Waals surface area contributed by atoms with E-state index < -0.39 is 0 Å². The molecule has 2 aromatic carbocycles. The van der Waals surface area contributed by atoms with Crippen LogP contribution in [0.25, 0.3) is 0 Å². The molecule has 0 radical (unpaired) electrons. The predicted molar refractivity (Wildman–Crippen MR) is 78.4 cm³/mol. The van der Waals surface area contributed by atoms with Gasteiger partial charge in [0.15, 0.2) is 5.84 Å². The number of rotatable bonds is 4. The highest BCUT2D eigenvalue weighted by molar-refractivity contribution is 6.35. The molecule has 0 aliphatic heterocycles. The lowest BCUT2D eigenvalue weighted by atomic mass is 10.2. The van der Waals surface area contributed by atoms with E-state index in [0.29, 0.717) is 21.4 Å². The van der Waals surface area contributed by atoms with Crippen molar-refractivity contribution in [3.05, 3.63) is 69.7 Å². The fraction of sp³-hybridized carbons (Fsp3) is 0.0714. The first-order valence-electron chi connectivity index (χ1n) is 5.62. The summed E-state index contributed by atoms with van der Waals surface area (Å²) in [6, 6.07) is 14.6. The summed E-state index contributed by atoms with van der Waals surface area (Å²) in [7, 11) is 0. The van der Waals surface area contributed by atoms with Crippen LogP contribution in [0.4, 0.5) is 0 Å². The fourth-order valence-corrected chi connectivity index (χ4v) is 2.00. The van der Waals surface area contributed by atoms with Crippen LogP contribution < -0.4 is 5.73 Å². The second-order valence-corrected chi connectivity index (χ2v) is 4.63. The molecule has 19 heavy (non-hydrogen) atoms. The van der Waals surface area contributed by atoms with E-state index >= 15 is 0 Å². The molecule has 98 valence electrons. The topological polar surface area (TPSA) is 47.6 Å². The Bertz CT molecular complexity index is 565. The molecular weight excluding hydrogens is 283 g/mol. The maximum absolute atomic E-state index is 6.02. The molecule has 0 saturated carbocycles. The molecule has 0 bridgehead atoms. The molecule has 3 nitrogen and oxygen atoms in total. The molecule has 5 heteroatoms. The first-order chi connectivity index (χ1) is 9.18. The van der Waals surface area contributed by atoms with Crippen molar-refractivity contribution in [2.24, 2.45) is 10.9 Å². The van der Waals surface area contributed by atoms with Crippen molar-refractivity contribution >= 4 is 29.0 Å². The summed E-state index contributed by atoms with van der Waals surface area (Å²) in [4.78, 5) is 5.19. The largest absolute Gasteiger partial charge is 0.389 e. The fourth-order valence-electron chi connectivity index (χ4n) is 1.50. The van der Waals surface area contributed by atoms with Crippen LogP contribution in [0.1, 0.15) is 11.1 Å². The first-order valence-corrected chi connectivity index (χ1v) is 6.38. The van der Waals surface area contributed by atoms with Gasteiger partial charge in [0.1, 0.15) is 6.61 Å². The SMILES string of the molecule is N/C(=N\OCc1c(Cl)cccc1Cl)c1ccccc1. The Hall–Kier alpha value is -1.71. The summed E-state index contributed by atoms with van der Waals surface area (Å²) >= 11 is 12.0. The lowest BCUT2D eigenvalue weighted by Crippen LogP contribution is -2.13. The average molecular weight is 295 g/mol. The predicted octanol–water partition coefficient (Wildman–Crippen LogP) is 3.83. The molecule has 2 aromatic rings. The van der Waals surface area contributed by atoms with Crippen LogP contribution in [0.2, 0.25) is 10.0 Å². The number of benzene rings is 2. The molecule has 0 unspecified atom stereocenters. The molecule has 2 rings (SSSR count). The number of halogens is 2. The number of nitrogens with two attached hydrogens (primary N) is 1. The third-order valence-electron chi connectivity index (χ3n) is 2.50. The second kappa shape index (κ2) is 6.45. The normalized spacial score (nSPS) is 11.4. The summed E-state index contributed by atoms with van der Waals surface area (Å²) in [6.07, 6.45) is 0. The second-order valence-electron chi connectivity index (χ2n) is 3.82. The molecule has 0 amide bonds. The highest BCUT2D eigenvalue weighted by Gasteiger charge is 2.05. The Labute approximate surface area is 121 Å². The Balaban J connectivity index is 2.04. The van der Waals surface area contributed by atoms with Crippen LogP contribution in [-0.2, 0) is 11.4 Å². The summed E-state index contributed by atoms with van der Waals surface area (Å²) in [5.74, 6) is 0.309. The minimum Gasteiger partial charge on any atom is -0.389 e. The average Bonchev–Trinajstić information content (AvgIpc) is 2.43. The summed E-state index contributed by atoms with van der Waals surface area (Å²) < 4.78 is 0. The van der Waals surface area contributed by atoms with Gasteiger partial charge in [0.2, 0.25) is 0 Å². The van der Waals surface area contributed by atoms with Crippen LogP contribution in [0, 0.1) is 0 Å². The smallest absolute Gasteiger partial charge is 0.170 e. The van der Waals surface area contributed by atoms with Crippen LogP contribution >= 0.6 is 23.2 Å². The quantitative estimate of drug-likeness (QED) is 0.529. The monoisotopic (exact) mass is 294 g/mol. The van der Waals surface area contributed by atoms with Gasteiger partial charge in [-0.1, -0.05) is 64.8 Å². The molecule has 0 spiro atoms. The molecule has 0 heterocycles. The number of oxime groups is 1. The summed E-state index contributed by atoms with van der Waals surface area (Å²) in [5.41, 5.74) is 7.28. The molecule has 0 aliphatic carbocycles. The van der Waals surface area contributed by atoms with E-state index in [9.17, 15) is 0 Å². The zero-order valence-electron chi connectivity index (χ0n) is 10.0. The van der Waals surface area contributed by atoms with E-state index in [1.807, 2.05) is 30.3 Å². The van der Waals surface area contributed by atoms with E-state index in [0.717, 1.165) is 5.56 Å². The lowest BCUT2D eigenvalue weighted by Gasteiger charge is -2.06. The van der Waals surface area contributed by atoms with Gasteiger partial charge in [-0.15, -0.1) is 0 Å². The zero-order chi connectivity index (χ0) is 13.7. The van der Waals surface area contributed by atoms with Gasteiger partial charge >= 0.3 is 0 Å². The van der Waals surface area contributed by atoms with Gasteiger partial charge in [-0.25, -0.2) is 0 Å². The standard InChI is InChI=1S/C14H12Cl2N2O/c15-12-7-4-8-13(16)11(12)9-19-18-14(17)10-5-2-1-3-6-10/h1-8H,9H2,(H2,17,18). The molecule has 0 aromatic heterocycles. The van der Waals surface area contributed by atoms with E-state index in [4.69, 9.17) is 33.8 Å². The van der Waals surface area contributed by atoms with E-state index in [1.54, 1.807) is 18.2 Å². The Kier molecular flexibility index (Phi) is 4.66. The van der Waals surface area contributed by atoms with Crippen molar-refractivity contribution < 1.29 is 4.84 Å². The third-order valence-corrected chi connectivity index (χ3v) is 3.21. The van der Waals surface area contributed by atoms with Gasteiger partial charge in [-0.05, 0) is 12.1 Å². The van der Waals surface area contributed by atoms with Crippen LogP contribution in [0.3, 0.4) is 0 Å². The van der Waals surface area contributed by atoms with E-state index in [1.165, 1.54) is 0 Å². The molecule has 0 saturated heterocycles. The van der Waals surface area contributed by atoms with Gasteiger partial charge in [0.05, 0.1) is 0 Å². The Morgan fingerprint density at radius 3 is 2.26 bits per heavy atom. The Morgan fingerprint density at radius 2 is 1.63 bits per heavy atom. The molecular formula is C14H12Cl2N2O. The highest BCUT2D eigenvalue weighted by atomic mass is 35.5. The number of nitrogens with zero attached hydrogens (tertiary/aromatic N) is 1.